The summed E-state index contributed by atoms with van der Waals surface area (Å²) in [7, 11) is 0. The van der Waals surface area contributed by atoms with E-state index in [4.69, 9.17) is 9.72 Å². The molecule has 0 saturated heterocycles. The van der Waals surface area contributed by atoms with Crippen LogP contribution in [0.15, 0.2) is 47.4 Å². The molecule has 2 aromatic carbocycles. The highest BCUT2D eigenvalue weighted by molar-refractivity contribution is 6.31. The van der Waals surface area contributed by atoms with E-state index in [1.807, 2.05) is 18.2 Å². The monoisotopic (exact) mass is 543 g/mol. The van der Waals surface area contributed by atoms with Gasteiger partial charge in [0.2, 0.25) is 0 Å². The zero-order valence-electron chi connectivity index (χ0n) is 23.5. The lowest BCUT2D eigenvalue weighted by molar-refractivity contribution is -0.123. The van der Waals surface area contributed by atoms with E-state index in [-0.39, 0.29) is 39.5 Å². The first kappa shape index (κ1) is 27.2. The summed E-state index contributed by atoms with van der Waals surface area (Å²) < 4.78 is 8.03. The van der Waals surface area contributed by atoms with Gasteiger partial charge in [0.05, 0.1) is 22.2 Å². The Kier molecular flexibility index (Phi) is 6.56. The molecule has 2 aliphatic rings. The van der Waals surface area contributed by atoms with Crippen molar-refractivity contribution in [1.29, 1.82) is 0 Å². The van der Waals surface area contributed by atoms with Crippen LogP contribution < -0.4 is 10.1 Å². The molecule has 3 N–H and O–H groups in total. The first-order valence-corrected chi connectivity index (χ1v) is 13.4. The smallest absolute Gasteiger partial charge is 0.194 e. The Labute approximate surface area is 232 Å². The van der Waals surface area contributed by atoms with Crippen molar-refractivity contribution in [2.75, 3.05) is 6.54 Å². The average Bonchev–Trinajstić information content (AvgIpc) is 3.37. The number of ether oxygens (including phenoxy) is 1. The van der Waals surface area contributed by atoms with Crippen LogP contribution in [0.3, 0.4) is 0 Å². The number of Topliss-reactive ketones (excluding diaryl/α,β-unsaturated/α-hetero) is 2. The van der Waals surface area contributed by atoms with Crippen LogP contribution in [0.5, 0.6) is 17.2 Å². The molecule has 3 aromatic rings. The fraction of sp³-hybridized carbons (Fsp3) is 0.355. The predicted octanol–water partition coefficient (Wildman–Crippen LogP) is 4.41. The van der Waals surface area contributed by atoms with Gasteiger partial charge in [0.25, 0.3) is 0 Å². The number of carbonyl (C=O) groups is 3. The van der Waals surface area contributed by atoms with Gasteiger partial charge in [-0.25, -0.2) is 4.98 Å². The van der Waals surface area contributed by atoms with E-state index >= 15 is 0 Å². The predicted molar refractivity (Wildman–Crippen MR) is 150 cm³/mol. The Morgan fingerprint density at radius 2 is 1.85 bits per heavy atom. The lowest BCUT2D eigenvalue weighted by Gasteiger charge is -2.29. The standard InChI is InChI=1S/C31H33N3O6/c1-15(2)14-34-20-10-8-7-9-19(20)33-23(34)11-12-32-17(4)24-21(36)13-22-31(6,30(24)39)26-28(38)16(3)27(37)25(18(5)35)29(26)40-22/h7-10,13,15,32,37-38H,11-12,14H2,1-6H3/b24-17+/t31-/m1/s1. The summed E-state index contributed by atoms with van der Waals surface area (Å²) in [5.74, 6) is -1.09. The Morgan fingerprint density at radius 1 is 1.15 bits per heavy atom. The average molecular weight is 544 g/mol. The van der Waals surface area contributed by atoms with Crippen molar-refractivity contribution in [1.82, 2.24) is 14.9 Å². The highest BCUT2D eigenvalue weighted by atomic mass is 16.5. The molecule has 208 valence electrons. The molecular weight excluding hydrogens is 510 g/mol. The van der Waals surface area contributed by atoms with Gasteiger partial charge in [0.1, 0.15) is 39.8 Å². The second-order valence-electron chi connectivity index (χ2n) is 11.1. The fourth-order valence-electron chi connectivity index (χ4n) is 5.70. The van der Waals surface area contributed by atoms with Crippen molar-refractivity contribution in [3.8, 4) is 17.2 Å². The van der Waals surface area contributed by atoms with Gasteiger partial charge in [0.15, 0.2) is 17.3 Å². The summed E-state index contributed by atoms with van der Waals surface area (Å²) in [5.41, 5.74) is 0.791. The van der Waals surface area contributed by atoms with Crippen LogP contribution in [-0.2, 0) is 28.0 Å². The van der Waals surface area contributed by atoms with Gasteiger partial charge in [-0.05, 0) is 45.7 Å². The molecule has 5 rings (SSSR count). The van der Waals surface area contributed by atoms with Crippen LogP contribution >= 0.6 is 0 Å². The quantitative estimate of drug-likeness (QED) is 0.227. The number of fused-ring (bicyclic) bond motifs is 4. The molecule has 1 aliphatic heterocycles. The molecule has 9 nitrogen and oxygen atoms in total. The molecule has 1 atom stereocenters. The van der Waals surface area contributed by atoms with E-state index < -0.39 is 28.5 Å². The summed E-state index contributed by atoms with van der Waals surface area (Å²) >= 11 is 0. The van der Waals surface area contributed by atoms with E-state index in [0.29, 0.717) is 24.6 Å². The summed E-state index contributed by atoms with van der Waals surface area (Å²) in [4.78, 5) is 44.3. The van der Waals surface area contributed by atoms with Crippen LogP contribution in [0.4, 0.5) is 0 Å². The summed E-state index contributed by atoms with van der Waals surface area (Å²) in [6.07, 6.45) is 1.79. The molecule has 40 heavy (non-hydrogen) atoms. The number of nitrogens with one attached hydrogen (secondary N) is 1. The van der Waals surface area contributed by atoms with Gasteiger partial charge in [-0.3, -0.25) is 14.4 Å². The molecule has 0 unspecified atom stereocenters. The highest BCUT2D eigenvalue weighted by Gasteiger charge is 2.56. The number of benzene rings is 2. The molecule has 0 saturated carbocycles. The van der Waals surface area contributed by atoms with Crippen molar-refractivity contribution < 1.29 is 29.3 Å². The molecule has 0 spiro atoms. The Hall–Kier alpha value is -4.40. The number of imidazole rings is 1. The maximum atomic E-state index is 14.0. The summed E-state index contributed by atoms with van der Waals surface area (Å²) in [6.45, 7) is 11.5. The zero-order valence-corrected chi connectivity index (χ0v) is 23.5. The third-order valence-electron chi connectivity index (χ3n) is 7.78. The number of aromatic hydroxyl groups is 2. The number of phenolic OH excluding ortho intramolecular Hbond substituents is 2. The second-order valence-corrected chi connectivity index (χ2v) is 11.1. The Balaban J connectivity index is 1.48. The second kappa shape index (κ2) is 9.66. The Bertz CT molecular complexity index is 1680. The van der Waals surface area contributed by atoms with Crippen LogP contribution in [0.2, 0.25) is 0 Å². The molecule has 1 aromatic heterocycles. The maximum absolute atomic E-state index is 14.0. The number of carbonyl (C=O) groups excluding carboxylic acids is 3. The maximum Gasteiger partial charge on any atom is 0.194 e. The number of ketones is 3. The molecule has 1 aliphatic carbocycles. The number of phenols is 2. The number of rotatable bonds is 7. The van der Waals surface area contributed by atoms with E-state index in [1.54, 1.807) is 13.8 Å². The van der Waals surface area contributed by atoms with Crippen LogP contribution in [0.1, 0.15) is 61.9 Å². The number of hydrogen-bond acceptors (Lipinski definition) is 8. The minimum atomic E-state index is -1.54. The molecular formula is C31H33N3O6. The number of nitrogens with zero attached hydrogens (tertiary/aromatic N) is 2. The first-order chi connectivity index (χ1) is 18.9. The normalized spacial score (nSPS) is 19.4. The number of allylic oxidation sites excluding steroid dienone is 4. The topological polar surface area (TPSA) is 131 Å². The molecule has 0 fully saturated rings. The third kappa shape index (κ3) is 3.99. The van der Waals surface area contributed by atoms with Crippen molar-refractivity contribution in [2.45, 2.75) is 59.9 Å². The van der Waals surface area contributed by atoms with E-state index in [9.17, 15) is 24.6 Å². The van der Waals surface area contributed by atoms with E-state index in [2.05, 4.69) is 29.8 Å². The SMILES string of the molecule is CC(=O)c1c(O)c(C)c(O)c2c1OC1=CC(=O)/C(=C(/C)NCCc3nc4ccccc4n3CC(C)C)C(=O)[C@]12C. The van der Waals surface area contributed by atoms with Gasteiger partial charge >= 0.3 is 0 Å². The van der Waals surface area contributed by atoms with Gasteiger partial charge in [-0.15, -0.1) is 0 Å². The van der Waals surface area contributed by atoms with Gasteiger partial charge in [0, 0.05) is 36.8 Å². The Morgan fingerprint density at radius 3 is 2.52 bits per heavy atom. The largest absolute Gasteiger partial charge is 0.507 e. The fourth-order valence-corrected chi connectivity index (χ4v) is 5.70. The van der Waals surface area contributed by atoms with Gasteiger partial charge in [-0.2, -0.15) is 0 Å². The summed E-state index contributed by atoms with van der Waals surface area (Å²) in [6, 6.07) is 7.98. The van der Waals surface area contributed by atoms with Crippen molar-refractivity contribution in [2.24, 2.45) is 5.92 Å². The highest BCUT2D eigenvalue weighted by Crippen LogP contribution is 2.57. The van der Waals surface area contributed by atoms with Gasteiger partial charge < -0.3 is 24.8 Å². The van der Waals surface area contributed by atoms with Crippen LogP contribution in [-0.4, -0.2) is 43.7 Å². The molecule has 2 heterocycles. The molecule has 0 radical (unpaired) electrons. The van der Waals surface area contributed by atoms with Crippen molar-refractivity contribution in [3.63, 3.8) is 0 Å². The summed E-state index contributed by atoms with van der Waals surface area (Å²) in [5, 5.41) is 24.7. The van der Waals surface area contributed by atoms with Gasteiger partial charge in [-0.1, -0.05) is 26.0 Å². The zero-order chi connectivity index (χ0) is 29.1. The van der Waals surface area contributed by atoms with Crippen LogP contribution in [0.25, 0.3) is 11.0 Å². The number of hydrogen-bond donors (Lipinski definition) is 3. The van der Waals surface area contributed by atoms with E-state index in [1.165, 1.54) is 19.9 Å². The third-order valence-corrected chi connectivity index (χ3v) is 7.78. The lowest BCUT2D eigenvalue weighted by atomic mass is 9.70. The molecule has 0 bridgehead atoms. The molecule has 9 heteroatoms. The first-order valence-electron chi connectivity index (χ1n) is 13.4. The lowest BCUT2D eigenvalue weighted by Crippen LogP contribution is -2.41. The minimum Gasteiger partial charge on any atom is -0.507 e. The number of para-hydroxylation sites is 2. The minimum absolute atomic E-state index is 0.0132. The van der Waals surface area contributed by atoms with E-state index in [0.717, 1.165) is 23.4 Å². The van der Waals surface area contributed by atoms with Crippen LogP contribution in [0, 0.1) is 12.8 Å². The van der Waals surface area contributed by atoms with Crippen molar-refractivity contribution >= 4 is 28.4 Å². The number of aromatic nitrogens is 2. The molecule has 0 amide bonds. The van der Waals surface area contributed by atoms with Crippen molar-refractivity contribution in [3.05, 3.63) is 69.9 Å².